The molecule has 2 nitrogen and oxygen atoms in total. The van der Waals surface area contributed by atoms with Crippen LogP contribution in [0.5, 0.6) is 0 Å². The van der Waals surface area contributed by atoms with Gasteiger partial charge in [-0.3, -0.25) is 0 Å². The van der Waals surface area contributed by atoms with E-state index in [9.17, 15) is 0 Å². The van der Waals surface area contributed by atoms with Crippen molar-refractivity contribution in [3.05, 3.63) is 72.8 Å². The molecule has 1 N–H and O–H groups in total. The smallest absolute Gasteiger partial charge is 0.0730 e. The average Bonchev–Trinajstić information content (AvgIpc) is 2.56. The first kappa shape index (κ1) is 15.7. The maximum absolute atomic E-state index is 4.74. The van der Waals surface area contributed by atoms with E-state index in [1.807, 2.05) is 60.7 Å². The minimum Gasteiger partial charge on any atom is -0.354 e. The topological polar surface area (TPSA) is 24.9 Å². The number of para-hydroxylation sites is 2. The molecule has 0 saturated carbocycles. The SMILES string of the molecule is Cl.Sc1ccc(Nc2c3ccccc3nc3ccccc23)cc1. The predicted octanol–water partition coefficient (Wildman–Crippen LogP) is 5.84. The Morgan fingerprint density at radius 2 is 1.22 bits per heavy atom. The first-order valence-electron chi connectivity index (χ1n) is 7.15. The Labute approximate surface area is 146 Å². The van der Waals surface area contributed by atoms with Gasteiger partial charge in [0, 0.05) is 21.4 Å². The first-order valence-corrected chi connectivity index (χ1v) is 7.59. The van der Waals surface area contributed by atoms with E-state index in [2.05, 4.69) is 30.1 Å². The van der Waals surface area contributed by atoms with Gasteiger partial charge >= 0.3 is 0 Å². The summed E-state index contributed by atoms with van der Waals surface area (Å²) in [7, 11) is 0. The molecule has 23 heavy (non-hydrogen) atoms. The van der Waals surface area contributed by atoms with Gasteiger partial charge in [0.15, 0.2) is 0 Å². The quantitative estimate of drug-likeness (QED) is 0.354. The van der Waals surface area contributed by atoms with Crippen LogP contribution < -0.4 is 5.32 Å². The number of hydrogen-bond acceptors (Lipinski definition) is 3. The number of thiol groups is 1. The number of aromatic nitrogens is 1. The van der Waals surface area contributed by atoms with Crippen molar-refractivity contribution in [1.29, 1.82) is 0 Å². The van der Waals surface area contributed by atoms with Crippen LogP contribution in [-0.4, -0.2) is 4.98 Å². The maximum atomic E-state index is 4.74. The molecule has 4 rings (SSSR count). The third-order valence-corrected chi connectivity index (χ3v) is 4.02. The molecule has 0 saturated heterocycles. The summed E-state index contributed by atoms with van der Waals surface area (Å²) in [5.41, 5.74) is 4.12. The van der Waals surface area contributed by atoms with Gasteiger partial charge in [-0.05, 0) is 36.4 Å². The lowest BCUT2D eigenvalue weighted by Crippen LogP contribution is -1.95. The lowest BCUT2D eigenvalue weighted by atomic mass is 10.1. The van der Waals surface area contributed by atoms with Gasteiger partial charge in [-0.1, -0.05) is 36.4 Å². The van der Waals surface area contributed by atoms with E-state index < -0.39 is 0 Å². The highest BCUT2D eigenvalue weighted by molar-refractivity contribution is 7.80. The molecular formula is C19H15ClN2S. The van der Waals surface area contributed by atoms with Crippen molar-refractivity contribution in [2.75, 3.05) is 5.32 Å². The summed E-state index contributed by atoms with van der Waals surface area (Å²) in [6.45, 7) is 0. The van der Waals surface area contributed by atoms with Crippen molar-refractivity contribution >= 4 is 58.2 Å². The van der Waals surface area contributed by atoms with E-state index in [-0.39, 0.29) is 12.4 Å². The zero-order valence-electron chi connectivity index (χ0n) is 12.2. The predicted molar refractivity (Wildman–Crippen MR) is 103 cm³/mol. The molecule has 4 aromatic rings. The van der Waals surface area contributed by atoms with Crippen LogP contribution in [-0.2, 0) is 0 Å². The summed E-state index contributed by atoms with van der Waals surface area (Å²) in [5.74, 6) is 0. The third-order valence-electron chi connectivity index (χ3n) is 3.72. The molecule has 114 valence electrons. The second-order valence-corrected chi connectivity index (χ2v) is 5.71. The fourth-order valence-electron chi connectivity index (χ4n) is 2.66. The lowest BCUT2D eigenvalue weighted by molar-refractivity contribution is 1.45. The van der Waals surface area contributed by atoms with Crippen LogP contribution in [0.3, 0.4) is 0 Å². The highest BCUT2D eigenvalue weighted by atomic mass is 35.5. The molecule has 1 aromatic heterocycles. The van der Waals surface area contributed by atoms with E-state index in [1.54, 1.807) is 0 Å². The fraction of sp³-hybridized carbons (Fsp3) is 0. The molecule has 0 spiro atoms. The number of pyridine rings is 1. The highest BCUT2D eigenvalue weighted by Crippen LogP contribution is 2.33. The number of benzene rings is 3. The Bertz CT molecular complexity index is 914. The molecule has 3 aromatic carbocycles. The van der Waals surface area contributed by atoms with E-state index in [4.69, 9.17) is 4.98 Å². The second kappa shape index (κ2) is 6.49. The number of halogens is 1. The van der Waals surface area contributed by atoms with Crippen molar-refractivity contribution in [1.82, 2.24) is 4.98 Å². The lowest BCUT2D eigenvalue weighted by Gasteiger charge is -2.13. The molecule has 0 aliphatic carbocycles. The summed E-state index contributed by atoms with van der Waals surface area (Å²) in [6.07, 6.45) is 0. The molecule has 0 atom stereocenters. The van der Waals surface area contributed by atoms with Crippen LogP contribution in [0, 0.1) is 0 Å². The van der Waals surface area contributed by atoms with Gasteiger partial charge in [0.25, 0.3) is 0 Å². The Morgan fingerprint density at radius 1 is 0.696 bits per heavy atom. The summed E-state index contributed by atoms with van der Waals surface area (Å²) in [6, 6.07) is 24.4. The molecule has 0 aliphatic rings. The Balaban J connectivity index is 0.00000156. The molecule has 0 unspecified atom stereocenters. The van der Waals surface area contributed by atoms with Crippen LogP contribution in [0.4, 0.5) is 11.4 Å². The molecular weight excluding hydrogens is 324 g/mol. The minimum absolute atomic E-state index is 0. The summed E-state index contributed by atoms with van der Waals surface area (Å²) < 4.78 is 0. The van der Waals surface area contributed by atoms with Crippen LogP contribution in [0.1, 0.15) is 0 Å². The van der Waals surface area contributed by atoms with E-state index in [1.165, 1.54) is 0 Å². The number of nitrogens with zero attached hydrogens (tertiary/aromatic N) is 1. The minimum atomic E-state index is 0. The van der Waals surface area contributed by atoms with Gasteiger partial charge in [-0.25, -0.2) is 4.98 Å². The zero-order valence-corrected chi connectivity index (χ0v) is 13.9. The van der Waals surface area contributed by atoms with E-state index >= 15 is 0 Å². The van der Waals surface area contributed by atoms with Crippen LogP contribution >= 0.6 is 25.0 Å². The molecule has 0 radical (unpaired) electrons. The van der Waals surface area contributed by atoms with Crippen LogP contribution in [0.25, 0.3) is 21.8 Å². The number of rotatable bonds is 2. The van der Waals surface area contributed by atoms with Crippen molar-refractivity contribution in [3.63, 3.8) is 0 Å². The Morgan fingerprint density at radius 3 is 1.78 bits per heavy atom. The van der Waals surface area contributed by atoms with E-state index in [0.717, 1.165) is 38.1 Å². The normalized spacial score (nSPS) is 10.5. The summed E-state index contributed by atoms with van der Waals surface area (Å²) in [5, 5.41) is 5.79. The van der Waals surface area contributed by atoms with Crippen molar-refractivity contribution < 1.29 is 0 Å². The monoisotopic (exact) mass is 338 g/mol. The molecule has 0 aliphatic heterocycles. The number of anilines is 2. The van der Waals surface area contributed by atoms with Gasteiger partial charge in [-0.2, -0.15) is 0 Å². The van der Waals surface area contributed by atoms with Gasteiger partial charge in [-0.15, -0.1) is 25.0 Å². The van der Waals surface area contributed by atoms with Crippen LogP contribution in [0.15, 0.2) is 77.7 Å². The van der Waals surface area contributed by atoms with Gasteiger partial charge in [0.1, 0.15) is 0 Å². The van der Waals surface area contributed by atoms with Crippen LogP contribution in [0.2, 0.25) is 0 Å². The number of nitrogens with one attached hydrogen (secondary N) is 1. The molecule has 0 bridgehead atoms. The average molecular weight is 339 g/mol. The third kappa shape index (κ3) is 2.98. The standard InChI is InChI=1S/C19H14N2S.ClH/c22-14-11-9-13(10-12-14)20-19-15-5-1-3-7-17(15)21-18-8-4-2-6-16(18)19;/h1-12,22H,(H,20,21);1H. The van der Waals surface area contributed by atoms with Crippen molar-refractivity contribution in [2.45, 2.75) is 4.90 Å². The largest absolute Gasteiger partial charge is 0.354 e. The van der Waals surface area contributed by atoms with Gasteiger partial charge in [0.2, 0.25) is 0 Å². The van der Waals surface area contributed by atoms with Crippen molar-refractivity contribution in [2.24, 2.45) is 0 Å². The Hall–Kier alpha value is -2.23. The number of fused-ring (bicyclic) bond motifs is 2. The maximum Gasteiger partial charge on any atom is 0.0730 e. The van der Waals surface area contributed by atoms with Gasteiger partial charge < -0.3 is 5.32 Å². The van der Waals surface area contributed by atoms with Crippen molar-refractivity contribution in [3.8, 4) is 0 Å². The first-order chi connectivity index (χ1) is 10.8. The zero-order chi connectivity index (χ0) is 14.9. The molecule has 1 heterocycles. The fourth-order valence-corrected chi connectivity index (χ4v) is 2.81. The molecule has 0 amide bonds. The molecule has 0 fully saturated rings. The number of hydrogen-bond donors (Lipinski definition) is 2. The second-order valence-electron chi connectivity index (χ2n) is 5.19. The molecule has 4 heteroatoms. The highest BCUT2D eigenvalue weighted by Gasteiger charge is 2.08. The summed E-state index contributed by atoms with van der Waals surface area (Å²) in [4.78, 5) is 5.70. The van der Waals surface area contributed by atoms with E-state index in [0.29, 0.717) is 0 Å². The van der Waals surface area contributed by atoms with Gasteiger partial charge in [0.05, 0.1) is 16.7 Å². The Kier molecular flexibility index (Phi) is 4.42. The summed E-state index contributed by atoms with van der Waals surface area (Å²) >= 11 is 4.34.